The minimum Gasteiger partial charge on any atom is -0.308 e. The van der Waals surface area contributed by atoms with Crippen LogP contribution in [0.4, 0.5) is 13.2 Å². The lowest BCUT2D eigenvalue weighted by Gasteiger charge is -2.20. The summed E-state index contributed by atoms with van der Waals surface area (Å²) in [6, 6.07) is 67.3. The molecule has 0 radical (unpaired) electrons. The number of benzene rings is 8. The highest BCUT2D eigenvalue weighted by atomic mass is 19.4. The Morgan fingerprint density at radius 1 is 0.386 bits per heavy atom. The minimum atomic E-state index is -4.80. The van der Waals surface area contributed by atoms with E-state index in [4.69, 9.17) is 0 Å². The Morgan fingerprint density at radius 2 is 0.843 bits per heavy atom. The molecule has 12 aromatic rings. The Labute approximate surface area is 399 Å². The van der Waals surface area contributed by atoms with Crippen molar-refractivity contribution in [1.82, 2.24) is 19.1 Å². The summed E-state index contributed by atoms with van der Waals surface area (Å²) in [5, 5.41) is 25.5. The summed E-state index contributed by atoms with van der Waals surface area (Å²) in [4.78, 5) is 9.29. The van der Waals surface area contributed by atoms with E-state index in [9.17, 15) is 10.5 Å². The van der Waals surface area contributed by atoms with Gasteiger partial charge in [-0.15, -0.1) is 0 Å². The Hall–Kier alpha value is -9.57. The van der Waals surface area contributed by atoms with Gasteiger partial charge in [0.05, 0.1) is 62.0 Å². The van der Waals surface area contributed by atoms with Crippen LogP contribution in [0.5, 0.6) is 0 Å². The molecule has 0 saturated carbocycles. The number of rotatable bonds is 7. The van der Waals surface area contributed by atoms with Crippen LogP contribution in [0.1, 0.15) is 16.7 Å². The monoisotopic (exact) mass is 908 g/mol. The zero-order valence-electron chi connectivity index (χ0n) is 37.0. The summed E-state index contributed by atoms with van der Waals surface area (Å²) in [7, 11) is 0. The fourth-order valence-corrected chi connectivity index (χ4v) is 9.99. The van der Waals surface area contributed by atoms with Crippen LogP contribution in [0, 0.1) is 22.7 Å². The first kappa shape index (κ1) is 41.8. The first-order valence-corrected chi connectivity index (χ1v) is 22.6. The predicted molar refractivity (Wildman–Crippen MR) is 272 cm³/mol. The lowest BCUT2D eigenvalue weighted by molar-refractivity contribution is -0.137. The number of nitriles is 2. The van der Waals surface area contributed by atoms with Gasteiger partial charge in [-0.05, 0) is 113 Å². The average Bonchev–Trinajstić information content (AvgIpc) is 3.92. The molecule has 330 valence electrons. The molecule has 0 unspecified atom stereocenters. The summed E-state index contributed by atoms with van der Waals surface area (Å²) in [5.74, 6) is 0. The van der Waals surface area contributed by atoms with E-state index >= 15 is 13.2 Å². The van der Waals surface area contributed by atoms with Crippen LogP contribution < -0.4 is 0 Å². The second-order valence-corrected chi connectivity index (χ2v) is 17.1. The highest BCUT2D eigenvalue weighted by Gasteiger charge is 2.35. The summed E-state index contributed by atoms with van der Waals surface area (Å²) in [6.07, 6.45) is -1.21. The van der Waals surface area contributed by atoms with Gasteiger partial charge in [-0.1, -0.05) is 115 Å². The van der Waals surface area contributed by atoms with Crippen molar-refractivity contribution in [3.63, 3.8) is 0 Å². The van der Waals surface area contributed by atoms with Crippen LogP contribution >= 0.6 is 0 Å². The molecule has 0 spiro atoms. The highest BCUT2D eigenvalue weighted by molar-refractivity contribution is 6.12. The van der Waals surface area contributed by atoms with Crippen molar-refractivity contribution < 1.29 is 13.2 Å². The third-order valence-electron chi connectivity index (χ3n) is 13.1. The van der Waals surface area contributed by atoms with E-state index in [1.807, 2.05) is 161 Å². The third-order valence-corrected chi connectivity index (χ3v) is 13.1. The van der Waals surface area contributed by atoms with Crippen LogP contribution in [0.15, 0.2) is 213 Å². The number of pyridine rings is 2. The molecule has 0 fully saturated rings. The molecule has 0 amide bonds. The number of aromatic nitrogens is 4. The Balaban J connectivity index is 1.13. The van der Waals surface area contributed by atoms with E-state index < -0.39 is 11.7 Å². The van der Waals surface area contributed by atoms with E-state index in [1.54, 1.807) is 24.5 Å². The maximum atomic E-state index is 15.2. The predicted octanol–water partition coefficient (Wildman–Crippen LogP) is 15.8. The van der Waals surface area contributed by atoms with Gasteiger partial charge >= 0.3 is 6.18 Å². The second kappa shape index (κ2) is 16.6. The summed E-state index contributed by atoms with van der Waals surface area (Å²) in [5.41, 5.74) is 10.1. The van der Waals surface area contributed by atoms with Gasteiger partial charge in [-0.3, -0.25) is 9.97 Å². The number of halogens is 3. The van der Waals surface area contributed by atoms with Crippen molar-refractivity contribution in [2.24, 2.45) is 0 Å². The van der Waals surface area contributed by atoms with Crippen molar-refractivity contribution in [3.05, 3.63) is 229 Å². The summed E-state index contributed by atoms with van der Waals surface area (Å²) in [6.45, 7) is 0. The molecule has 4 aromatic heterocycles. The summed E-state index contributed by atoms with van der Waals surface area (Å²) >= 11 is 0. The largest absolute Gasteiger partial charge is 0.417 e. The van der Waals surface area contributed by atoms with Crippen LogP contribution in [-0.2, 0) is 6.18 Å². The molecule has 9 heteroatoms. The smallest absolute Gasteiger partial charge is 0.308 e. The molecular formula is C61H35F3N6. The normalized spacial score (nSPS) is 11.6. The molecule has 6 nitrogen and oxygen atoms in total. The van der Waals surface area contributed by atoms with Crippen LogP contribution in [0.3, 0.4) is 0 Å². The molecule has 8 aromatic carbocycles. The highest BCUT2D eigenvalue weighted by Crippen LogP contribution is 2.45. The number of alkyl halides is 3. The third kappa shape index (κ3) is 6.96. The van der Waals surface area contributed by atoms with Gasteiger partial charge in [0.2, 0.25) is 0 Å². The molecule has 0 saturated heterocycles. The van der Waals surface area contributed by atoms with E-state index in [2.05, 4.69) is 40.3 Å². The van der Waals surface area contributed by atoms with Crippen LogP contribution in [-0.4, -0.2) is 19.1 Å². The SMILES string of the molecule is N#Cc1cccc(C(F)(F)F)c1-c1cc(-n2c3ccccc3c3cc(-c4ccnc(-c5ccccc5)c4)ccc32)c(C#N)c(-n2c3ccccc3c3cc(-c4ccnc(-c5ccccc5)c4)ccc32)c1. The van der Waals surface area contributed by atoms with Crippen molar-refractivity contribution in [2.75, 3.05) is 0 Å². The van der Waals surface area contributed by atoms with Gasteiger partial charge in [0.25, 0.3) is 0 Å². The van der Waals surface area contributed by atoms with Gasteiger partial charge in [-0.2, -0.15) is 23.7 Å². The van der Waals surface area contributed by atoms with Gasteiger partial charge in [0, 0.05) is 50.6 Å². The molecule has 4 heterocycles. The van der Waals surface area contributed by atoms with E-state index in [-0.39, 0.29) is 22.3 Å². The summed E-state index contributed by atoms with van der Waals surface area (Å²) < 4.78 is 49.5. The Morgan fingerprint density at radius 3 is 1.31 bits per heavy atom. The van der Waals surface area contributed by atoms with Crippen LogP contribution in [0.25, 0.3) is 111 Å². The van der Waals surface area contributed by atoms with Gasteiger partial charge in [-0.25, -0.2) is 0 Å². The molecule has 0 atom stereocenters. The van der Waals surface area contributed by atoms with Crippen molar-refractivity contribution in [3.8, 4) is 79.4 Å². The van der Waals surface area contributed by atoms with Crippen molar-refractivity contribution in [2.45, 2.75) is 6.18 Å². The molecule has 0 aliphatic carbocycles. The lowest BCUT2D eigenvalue weighted by atomic mass is 9.92. The van der Waals surface area contributed by atoms with E-state index in [0.717, 1.165) is 94.4 Å². The number of para-hydroxylation sites is 2. The maximum Gasteiger partial charge on any atom is 0.417 e. The number of hydrogen-bond acceptors (Lipinski definition) is 4. The standard InChI is InChI=1S/C61H35F3N6/c62-61(63,64)51-19-11-16-44(36-65)60(51)45-34-58(69-54-20-9-7-17-46(54)48-30-40(22-24-56(48)69)42-26-28-67-52(32-42)38-12-3-1-4-13-38)50(37-66)59(35-45)70-55-21-10-8-18-47(55)49-31-41(23-25-57(49)70)43-27-29-68-53(33-43)39-14-5-2-6-15-39/h1-35H. The van der Waals surface area contributed by atoms with Crippen molar-refractivity contribution >= 4 is 43.6 Å². The maximum absolute atomic E-state index is 15.2. The van der Waals surface area contributed by atoms with Crippen molar-refractivity contribution in [1.29, 1.82) is 10.5 Å². The fraction of sp³-hybridized carbons (Fsp3) is 0.0164. The first-order valence-electron chi connectivity index (χ1n) is 22.6. The molecule has 0 aliphatic rings. The topological polar surface area (TPSA) is 83.2 Å². The molecule has 70 heavy (non-hydrogen) atoms. The number of hydrogen-bond donors (Lipinski definition) is 0. The molecule has 0 bridgehead atoms. The first-order chi connectivity index (χ1) is 34.3. The molecule has 0 N–H and O–H groups in total. The molecule has 12 rings (SSSR count). The Bertz CT molecular complexity index is 3920. The average molecular weight is 909 g/mol. The second-order valence-electron chi connectivity index (χ2n) is 17.1. The van der Waals surface area contributed by atoms with Gasteiger partial charge in [0.1, 0.15) is 11.6 Å². The quantitative estimate of drug-likeness (QED) is 0.159. The number of fused-ring (bicyclic) bond motifs is 6. The minimum absolute atomic E-state index is 0.133. The Kier molecular flexibility index (Phi) is 9.94. The molecular weight excluding hydrogens is 874 g/mol. The zero-order valence-corrected chi connectivity index (χ0v) is 37.0. The number of nitrogens with zero attached hydrogens (tertiary/aromatic N) is 6. The van der Waals surface area contributed by atoms with E-state index in [1.165, 1.54) is 12.1 Å². The van der Waals surface area contributed by atoms with Gasteiger partial charge in [0.15, 0.2) is 0 Å². The van der Waals surface area contributed by atoms with Crippen LogP contribution in [0.2, 0.25) is 0 Å². The van der Waals surface area contributed by atoms with E-state index in [0.29, 0.717) is 11.4 Å². The lowest BCUT2D eigenvalue weighted by Crippen LogP contribution is -2.10. The van der Waals surface area contributed by atoms with Gasteiger partial charge < -0.3 is 9.13 Å². The zero-order chi connectivity index (χ0) is 47.5. The fourth-order valence-electron chi connectivity index (χ4n) is 9.99. The molecule has 0 aliphatic heterocycles.